The standard InChI is InChI=1S/C11H14N4O2/c16-9-14-5-7-15(8-6-14)11(17)13-10-1-3-12-4-2-10/h1-4,9H,5-8H2,(H,12,13,17). The Morgan fingerprint density at radius 2 is 1.88 bits per heavy atom. The number of rotatable bonds is 2. The number of nitrogens with zero attached hydrogens (tertiary/aromatic N) is 3. The quantitative estimate of drug-likeness (QED) is 0.753. The summed E-state index contributed by atoms with van der Waals surface area (Å²) in [7, 11) is 0. The Kier molecular flexibility index (Phi) is 3.54. The van der Waals surface area contributed by atoms with Crippen LogP contribution in [-0.2, 0) is 4.79 Å². The Labute approximate surface area is 99.2 Å². The first-order valence-electron chi connectivity index (χ1n) is 5.45. The molecule has 0 aliphatic carbocycles. The molecule has 90 valence electrons. The van der Waals surface area contributed by atoms with Crippen molar-refractivity contribution < 1.29 is 9.59 Å². The number of hydrogen-bond donors (Lipinski definition) is 1. The second-order valence-corrected chi connectivity index (χ2v) is 3.79. The SMILES string of the molecule is O=CN1CCN(C(=O)Nc2ccncc2)CC1. The van der Waals surface area contributed by atoms with Gasteiger partial charge in [-0.1, -0.05) is 0 Å². The van der Waals surface area contributed by atoms with Gasteiger partial charge in [0.1, 0.15) is 0 Å². The molecule has 0 atom stereocenters. The van der Waals surface area contributed by atoms with Crippen molar-refractivity contribution in [2.24, 2.45) is 0 Å². The van der Waals surface area contributed by atoms with Crippen LogP contribution in [0.5, 0.6) is 0 Å². The number of carbonyl (C=O) groups is 2. The van der Waals surface area contributed by atoms with Crippen molar-refractivity contribution in [2.75, 3.05) is 31.5 Å². The van der Waals surface area contributed by atoms with E-state index in [1.54, 1.807) is 34.3 Å². The van der Waals surface area contributed by atoms with Crippen LogP contribution in [0.25, 0.3) is 0 Å². The topological polar surface area (TPSA) is 65.5 Å². The molecule has 1 aliphatic heterocycles. The molecule has 1 aliphatic rings. The highest BCUT2D eigenvalue weighted by Crippen LogP contribution is 2.07. The molecule has 0 bridgehead atoms. The average molecular weight is 234 g/mol. The number of pyridine rings is 1. The van der Waals surface area contributed by atoms with Crippen molar-refractivity contribution in [3.05, 3.63) is 24.5 Å². The number of hydrogen-bond acceptors (Lipinski definition) is 3. The van der Waals surface area contributed by atoms with Gasteiger partial charge in [-0.05, 0) is 12.1 Å². The van der Waals surface area contributed by atoms with Crippen LogP contribution in [0.4, 0.5) is 10.5 Å². The van der Waals surface area contributed by atoms with Crippen molar-refractivity contribution >= 4 is 18.1 Å². The van der Waals surface area contributed by atoms with E-state index < -0.39 is 0 Å². The summed E-state index contributed by atoms with van der Waals surface area (Å²) < 4.78 is 0. The van der Waals surface area contributed by atoms with Crippen LogP contribution in [-0.4, -0.2) is 53.4 Å². The average Bonchev–Trinajstić information content (AvgIpc) is 2.40. The van der Waals surface area contributed by atoms with Gasteiger partial charge in [0, 0.05) is 44.3 Å². The highest BCUT2D eigenvalue weighted by Gasteiger charge is 2.19. The number of piperazine rings is 1. The van der Waals surface area contributed by atoms with Gasteiger partial charge in [-0.15, -0.1) is 0 Å². The molecule has 2 heterocycles. The molecule has 0 radical (unpaired) electrons. The fourth-order valence-corrected chi connectivity index (χ4v) is 1.67. The number of urea groups is 1. The number of amides is 3. The molecule has 1 saturated heterocycles. The van der Waals surface area contributed by atoms with Gasteiger partial charge >= 0.3 is 6.03 Å². The molecule has 0 spiro atoms. The van der Waals surface area contributed by atoms with E-state index in [1.165, 1.54) is 0 Å². The lowest BCUT2D eigenvalue weighted by Crippen LogP contribution is -2.49. The van der Waals surface area contributed by atoms with Crippen molar-refractivity contribution in [2.45, 2.75) is 0 Å². The maximum Gasteiger partial charge on any atom is 0.321 e. The first-order chi connectivity index (χ1) is 8.29. The molecule has 0 aromatic carbocycles. The molecule has 2 rings (SSSR count). The summed E-state index contributed by atoms with van der Waals surface area (Å²) in [5.41, 5.74) is 0.725. The van der Waals surface area contributed by atoms with E-state index >= 15 is 0 Å². The van der Waals surface area contributed by atoms with Gasteiger partial charge in [-0.3, -0.25) is 9.78 Å². The predicted octanol–water partition coefficient (Wildman–Crippen LogP) is 0.387. The molecule has 1 fully saturated rings. The van der Waals surface area contributed by atoms with Gasteiger partial charge in [0.05, 0.1) is 0 Å². The normalized spacial score (nSPS) is 15.5. The zero-order valence-electron chi connectivity index (χ0n) is 9.37. The Morgan fingerprint density at radius 3 is 2.47 bits per heavy atom. The van der Waals surface area contributed by atoms with E-state index in [-0.39, 0.29) is 6.03 Å². The summed E-state index contributed by atoms with van der Waals surface area (Å²) in [5, 5.41) is 2.78. The van der Waals surface area contributed by atoms with E-state index in [0.29, 0.717) is 26.2 Å². The van der Waals surface area contributed by atoms with Gasteiger partial charge < -0.3 is 15.1 Å². The lowest BCUT2D eigenvalue weighted by molar-refractivity contribution is -0.119. The van der Waals surface area contributed by atoms with Crippen molar-refractivity contribution in [3.8, 4) is 0 Å². The molecule has 6 heteroatoms. The van der Waals surface area contributed by atoms with Crippen molar-refractivity contribution in [1.82, 2.24) is 14.8 Å². The molecule has 0 unspecified atom stereocenters. The van der Waals surface area contributed by atoms with Crippen molar-refractivity contribution in [3.63, 3.8) is 0 Å². The predicted molar refractivity (Wildman–Crippen MR) is 62.5 cm³/mol. The largest absolute Gasteiger partial charge is 0.342 e. The minimum absolute atomic E-state index is 0.137. The third kappa shape index (κ3) is 2.93. The van der Waals surface area contributed by atoms with Crippen LogP contribution in [0, 0.1) is 0 Å². The van der Waals surface area contributed by atoms with Crippen LogP contribution in [0.2, 0.25) is 0 Å². The molecule has 6 nitrogen and oxygen atoms in total. The lowest BCUT2D eigenvalue weighted by atomic mass is 10.3. The molecule has 3 amide bonds. The third-order valence-corrected chi connectivity index (χ3v) is 2.68. The Morgan fingerprint density at radius 1 is 1.24 bits per heavy atom. The molecular formula is C11H14N4O2. The minimum atomic E-state index is -0.137. The zero-order valence-corrected chi connectivity index (χ0v) is 9.37. The number of nitrogens with one attached hydrogen (secondary N) is 1. The summed E-state index contributed by atoms with van der Waals surface area (Å²) in [6, 6.07) is 3.33. The Balaban J connectivity index is 1.87. The van der Waals surface area contributed by atoms with Crippen molar-refractivity contribution in [1.29, 1.82) is 0 Å². The van der Waals surface area contributed by atoms with Gasteiger partial charge in [-0.2, -0.15) is 0 Å². The molecule has 17 heavy (non-hydrogen) atoms. The molecular weight excluding hydrogens is 220 g/mol. The zero-order chi connectivity index (χ0) is 12.1. The first kappa shape index (κ1) is 11.4. The summed E-state index contributed by atoms with van der Waals surface area (Å²) in [5.74, 6) is 0. The number of anilines is 1. The molecule has 1 aromatic rings. The lowest BCUT2D eigenvalue weighted by Gasteiger charge is -2.32. The van der Waals surface area contributed by atoms with E-state index in [2.05, 4.69) is 10.3 Å². The van der Waals surface area contributed by atoms with Crippen LogP contribution in [0.15, 0.2) is 24.5 Å². The Hall–Kier alpha value is -2.11. The maximum atomic E-state index is 11.9. The second-order valence-electron chi connectivity index (χ2n) is 3.79. The van der Waals surface area contributed by atoms with E-state index in [9.17, 15) is 9.59 Å². The molecule has 0 saturated carbocycles. The van der Waals surface area contributed by atoms with Crippen LogP contribution in [0.1, 0.15) is 0 Å². The Bertz CT molecular complexity index is 388. The fraction of sp³-hybridized carbons (Fsp3) is 0.364. The summed E-state index contributed by atoms with van der Waals surface area (Å²) in [4.78, 5) is 29.6. The monoisotopic (exact) mass is 234 g/mol. The van der Waals surface area contributed by atoms with Gasteiger partial charge in [0.25, 0.3) is 0 Å². The number of aromatic nitrogens is 1. The minimum Gasteiger partial charge on any atom is -0.342 e. The van der Waals surface area contributed by atoms with Crippen LogP contribution < -0.4 is 5.32 Å². The fourth-order valence-electron chi connectivity index (χ4n) is 1.67. The molecule has 1 aromatic heterocycles. The highest BCUT2D eigenvalue weighted by molar-refractivity contribution is 5.89. The highest BCUT2D eigenvalue weighted by atomic mass is 16.2. The van der Waals surface area contributed by atoms with Crippen LogP contribution >= 0.6 is 0 Å². The number of carbonyl (C=O) groups excluding carboxylic acids is 2. The summed E-state index contributed by atoms with van der Waals surface area (Å²) in [6.07, 6.45) is 4.07. The maximum absolute atomic E-state index is 11.9. The smallest absolute Gasteiger partial charge is 0.321 e. The van der Waals surface area contributed by atoms with E-state index in [4.69, 9.17) is 0 Å². The van der Waals surface area contributed by atoms with Gasteiger partial charge in [0.2, 0.25) is 6.41 Å². The van der Waals surface area contributed by atoms with E-state index in [1.807, 2.05) is 0 Å². The van der Waals surface area contributed by atoms with Gasteiger partial charge in [-0.25, -0.2) is 4.79 Å². The van der Waals surface area contributed by atoms with E-state index in [0.717, 1.165) is 12.1 Å². The van der Waals surface area contributed by atoms with Crippen LogP contribution in [0.3, 0.4) is 0 Å². The molecule has 1 N–H and O–H groups in total. The first-order valence-corrected chi connectivity index (χ1v) is 5.45. The van der Waals surface area contributed by atoms with Gasteiger partial charge in [0.15, 0.2) is 0 Å². The second kappa shape index (κ2) is 5.29. The third-order valence-electron chi connectivity index (χ3n) is 2.68. The summed E-state index contributed by atoms with van der Waals surface area (Å²) in [6.45, 7) is 2.31. The summed E-state index contributed by atoms with van der Waals surface area (Å²) >= 11 is 0.